The summed E-state index contributed by atoms with van der Waals surface area (Å²) in [6.45, 7) is 8.29. The molecule has 2 atom stereocenters. The van der Waals surface area contributed by atoms with Crippen LogP contribution < -0.4 is 15.0 Å². The molecule has 3 aromatic rings. The number of hydrogen-bond acceptors (Lipinski definition) is 6. The van der Waals surface area contributed by atoms with Crippen LogP contribution in [-0.4, -0.2) is 53.8 Å². The Kier molecular flexibility index (Phi) is 8.03. The number of aromatic nitrogens is 2. The first-order chi connectivity index (χ1) is 19.0. The number of aromatic amines is 1. The molecule has 1 saturated heterocycles. The fourth-order valence-electron chi connectivity index (χ4n) is 5.31. The lowest BCUT2D eigenvalue weighted by Gasteiger charge is -2.31. The van der Waals surface area contributed by atoms with Crippen molar-refractivity contribution in [3.8, 4) is 17.0 Å². The number of H-pyrrole nitrogens is 1. The van der Waals surface area contributed by atoms with Crippen molar-refractivity contribution in [1.82, 2.24) is 10.2 Å². The minimum absolute atomic E-state index is 0.122. The normalized spacial score (nSPS) is 21.0. The van der Waals surface area contributed by atoms with Crippen molar-refractivity contribution < 1.29 is 27.8 Å². The van der Waals surface area contributed by atoms with E-state index in [0.29, 0.717) is 31.0 Å². The van der Waals surface area contributed by atoms with Gasteiger partial charge in [0.15, 0.2) is 6.29 Å². The minimum atomic E-state index is -3.82. The third-order valence-electron chi connectivity index (χ3n) is 7.31. The molecule has 0 bridgehead atoms. The van der Waals surface area contributed by atoms with Gasteiger partial charge >= 0.3 is 5.57 Å². The second kappa shape index (κ2) is 11.3. The van der Waals surface area contributed by atoms with Gasteiger partial charge < -0.3 is 24.4 Å². The highest BCUT2D eigenvalue weighted by molar-refractivity contribution is 6.20. The highest BCUT2D eigenvalue weighted by atomic mass is 35.5. The fraction of sp³-hybridized carbons (Fsp3) is 0.448. The number of fused-ring (bicyclic) bond motifs is 1. The molecule has 0 aliphatic carbocycles. The number of ether oxygens (including phenoxy) is 3. The van der Waals surface area contributed by atoms with Gasteiger partial charge in [-0.25, -0.2) is 0 Å². The molecule has 1 amide bonds. The molecule has 2 unspecified atom stereocenters. The number of benzene rings is 2. The highest BCUT2D eigenvalue weighted by Crippen LogP contribution is 2.48. The summed E-state index contributed by atoms with van der Waals surface area (Å²) in [5.74, 6) is -0.467. The maximum atomic E-state index is 13.5. The van der Waals surface area contributed by atoms with Crippen LogP contribution in [0.25, 0.3) is 11.3 Å². The van der Waals surface area contributed by atoms with Gasteiger partial charge in [0.25, 0.3) is 5.91 Å². The van der Waals surface area contributed by atoms with E-state index in [9.17, 15) is 13.6 Å². The monoisotopic (exact) mass is 574 g/mol. The number of carbonyl (C=O) groups excluding carboxylic acids is 1. The third-order valence-corrected chi connectivity index (χ3v) is 7.39. The molecule has 1 aromatic heterocycles. The lowest BCUT2D eigenvalue weighted by Crippen LogP contribution is -2.39. The van der Waals surface area contributed by atoms with Crippen molar-refractivity contribution in [2.45, 2.75) is 63.3 Å². The number of rotatable bonds is 9. The van der Waals surface area contributed by atoms with Crippen LogP contribution in [0.3, 0.4) is 0 Å². The van der Waals surface area contributed by atoms with Crippen LogP contribution in [0, 0.1) is 0 Å². The van der Waals surface area contributed by atoms with Crippen LogP contribution in [-0.2, 0) is 14.9 Å². The number of nitrogens with one attached hydrogen (secondary N) is 2. The van der Waals surface area contributed by atoms with E-state index in [1.807, 2.05) is 18.2 Å². The van der Waals surface area contributed by atoms with Gasteiger partial charge in [-0.3, -0.25) is 9.89 Å². The smallest absolute Gasteiger partial charge is 0.420 e. The topological polar surface area (TPSA) is 88.7 Å². The van der Waals surface area contributed by atoms with E-state index >= 15 is 0 Å². The van der Waals surface area contributed by atoms with Crippen LogP contribution in [0.4, 0.5) is 20.2 Å². The van der Waals surface area contributed by atoms with Gasteiger partial charge in [-0.1, -0.05) is 6.92 Å². The average Bonchev–Trinajstić information content (AvgIpc) is 3.55. The molecule has 2 N–H and O–H groups in total. The van der Waals surface area contributed by atoms with Crippen molar-refractivity contribution in [2.75, 3.05) is 30.0 Å². The first-order valence-electron chi connectivity index (χ1n) is 13.4. The average molecular weight is 575 g/mol. The highest BCUT2D eigenvalue weighted by Gasteiger charge is 2.43. The van der Waals surface area contributed by atoms with E-state index in [1.165, 1.54) is 24.3 Å². The number of carbonyl (C=O) groups is 1. The summed E-state index contributed by atoms with van der Waals surface area (Å²) in [6, 6.07) is 11.4. The number of hydrogen-bond donors (Lipinski definition) is 2. The molecule has 214 valence electrons. The summed E-state index contributed by atoms with van der Waals surface area (Å²) < 4.78 is 42.4. The van der Waals surface area contributed by atoms with Gasteiger partial charge in [0.2, 0.25) is 0 Å². The molecule has 2 aliphatic rings. The molecule has 0 spiro atoms. The number of anilines is 2. The predicted molar refractivity (Wildman–Crippen MR) is 149 cm³/mol. The molecule has 0 radical (unpaired) electrons. The Morgan fingerprint density at radius 3 is 2.67 bits per heavy atom. The van der Waals surface area contributed by atoms with Crippen LogP contribution in [0.5, 0.6) is 5.75 Å². The summed E-state index contributed by atoms with van der Waals surface area (Å²) in [6.07, 6.45) is 4.44. The summed E-state index contributed by atoms with van der Waals surface area (Å²) in [5, 5.41) is 10.0. The van der Waals surface area contributed by atoms with Crippen molar-refractivity contribution in [2.24, 2.45) is 0 Å². The molecule has 3 heterocycles. The van der Waals surface area contributed by atoms with Crippen LogP contribution in [0.2, 0.25) is 0 Å². The van der Waals surface area contributed by atoms with Crippen LogP contribution in [0.15, 0.2) is 48.7 Å². The zero-order valence-corrected chi connectivity index (χ0v) is 23.4. The molecule has 2 aromatic carbocycles. The Bertz CT molecular complexity index is 1330. The van der Waals surface area contributed by atoms with E-state index in [-0.39, 0.29) is 24.0 Å². The maximum Gasteiger partial charge on any atom is 0.487 e. The van der Waals surface area contributed by atoms with Crippen molar-refractivity contribution >= 4 is 28.9 Å². The standard InChI is InChI=1S/C29H33ClF2N4O4/c1-18(2)36-16-28(3,17-39-25-6-4-5-13-38-25)23-15-19(14-22(26(23)36)24-11-12-33-35-24)27(37)34-20-7-9-21(10-8-20)40-29(30,31)32/h7-12,14-15,18,25H,4-6,13,16-17H2,1-3H3,(H,33,35)(H,34,37). The van der Waals surface area contributed by atoms with Crippen molar-refractivity contribution in [3.63, 3.8) is 0 Å². The lowest BCUT2D eigenvalue weighted by molar-refractivity contribution is -0.170. The quantitative estimate of drug-likeness (QED) is 0.283. The van der Waals surface area contributed by atoms with E-state index < -0.39 is 11.0 Å². The lowest BCUT2D eigenvalue weighted by atomic mass is 9.83. The second-order valence-electron chi connectivity index (χ2n) is 10.8. The Morgan fingerprint density at radius 1 is 1.27 bits per heavy atom. The molecule has 0 saturated carbocycles. The van der Waals surface area contributed by atoms with E-state index in [2.05, 4.69) is 45.9 Å². The zero-order valence-electron chi connectivity index (χ0n) is 22.7. The summed E-state index contributed by atoms with van der Waals surface area (Å²) in [5.41, 5.74) is 0.335. The van der Waals surface area contributed by atoms with Crippen molar-refractivity contribution in [1.29, 1.82) is 0 Å². The van der Waals surface area contributed by atoms with Crippen LogP contribution in [0.1, 0.15) is 56.0 Å². The Hall–Kier alpha value is -3.21. The molecule has 8 nitrogen and oxygen atoms in total. The zero-order chi connectivity index (χ0) is 28.5. The Balaban J connectivity index is 1.48. The third kappa shape index (κ3) is 6.24. The molecule has 5 rings (SSSR count). The van der Waals surface area contributed by atoms with E-state index in [4.69, 9.17) is 21.1 Å². The number of nitrogens with zero attached hydrogens (tertiary/aromatic N) is 2. The number of halogens is 3. The van der Waals surface area contributed by atoms with Gasteiger partial charge in [-0.15, -0.1) is 8.78 Å². The van der Waals surface area contributed by atoms with Gasteiger partial charge in [-0.2, -0.15) is 5.10 Å². The summed E-state index contributed by atoms with van der Waals surface area (Å²) >= 11 is 4.84. The van der Waals surface area contributed by atoms with Gasteiger partial charge in [0.1, 0.15) is 5.75 Å². The SMILES string of the molecule is CC(C)N1CC(C)(COC2CCCCO2)c2cc(C(=O)Nc3ccc(OC(F)(F)Cl)cc3)cc(-c3ccn[nH]3)c21. The molecule has 40 heavy (non-hydrogen) atoms. The first kappa shape index (κ1) is 28.3. The molecular formula is C29H33ClF2N4O4. The number of alkyl halides is 3. The molecule has 1 fully saturated rings. The second-order valence-corrected chi connectivity index (χ2v) is 11.2. The summed E-state index contributed by atoms with van der Waals surface area (Å²) in [4.78, 5) is 15.8. The largest absolute Gasteiger partial charge is 0.487 e. The summed E-state index contributed by atoms with van der Waals surface area (Å²) in [7, 11) is 0. The van der Waals surface area contributed by atoms with Crippen molar-refractivity contribution in [3.05, 3.63) is 59.8 Å². The van der Waals surface area contributed by atoms with Gasteiger partial charge in [-0.05, 0) is 81.1 Å². The molecule has 11 heteroatoms. The molecular weight excluding hydrogens is 542 g/mol. The van der Waals surface area contributed by atoms with Gasteiger partial charge in [0.05, 0.1) is 18.0 Å². The number of amides is 1. The van der Waals surface area contributed by atoms with E-state index in [0.717, 1.165) is 41.8 Å². The predicted octanol–water partition coefficient (Wildman–Crippen LogP) is 6.53. The van der Waals surface area contributed by atoms with Gasteiger partial charge in [0, 0.05) is 59.2 Å². The van der Waals surface area contributed by atoms with Crippen LogP contribution >= 0.6 is 11.6 Å². The Labute approximate surface area is 236 Å². The maximum absolute atomic E-state index is 13.5. The fourth-order valence-corrected chi connectivity index (χ4v) is 5.40. The first-order valence-corrected chi connectivity index (χ1v) is 13.8. The molecule has 2 aliphatic heterocycles. The minimum Gasteiger partial charge on any atom is -0.420 e. The van der Waals surface area contributed by atoms with E-state index in [1.54, 1.807) is 6.20 Å². The Morgan fingerprint density at radius 2 is 2.05 bits per heavy atom.